The van der Waals surface area contributed by atoms with Crippen LogP contribution in [0.15, 0.2) is 129 Å². The van der Waals surface area contributed by atoms with E-state index in [1.54, 1.807) is 0 Å². The summed E-state index contributed by atoms with van der Waals surface area (Å²) >= 11 is 0. The number of aromatic nitrogens is 2. The fourth-order valence-electron chi connectivity index (χ4n) is 8.60. The van der Waals surface area contributed by atoms with E-state index in [0.717, 1.165) is 58.7 Å². The molecule has 8 heteroatoms. The normalized spacial score (nSPS) is 11.9. The zero-order valence-corrected chi connectivity index (χ0v) is 49.1. The summed E-state index contributed by atoms with van der Waals surface area (Å²) in [5.74, 6) is 3.28. The van der Waals surface area contributed by atoms with E-state index in [1.165, 1.54) is 44.5 Å². The number of pyridine rings is 2. The summed E-state index contributed by atoms with van der Waals surface area (Å²) in [6.07, 6.45) is 7.52. The Labute approximate surface area is 458 Å². The molecule has 2 aromatic heterocycles. The quantitative estimate of drug-likeness (QED) is 0.0635. The van der Waals surface area contributed by atoms with E-state index in [2.05, 4.69) is 184 Å². The smallest absolute Gasteiger partial charge is 0.0820 e. The van der Waals surface area contributed by atoms with Crippen molar-refractivity contribution in [1.82, 2.24) is 9.97 Å². The molecule has 0 saturated carbocycles. The number of ether oxygens (including phenoxy) is 1. The van der Waals surface area contributed by atoms with Gasteiger partial charge in [-0.1, -0.05) is 196 Å². The standard InChI is InChI=1S/2C31H39N3.C4H10O.Ni/c2*1-20(2)26-14-10-15-27(21(3)4)30(26)32-18-24-12-9-13-25(34-24)19-33-31-28(22(5)6)16-11-17-29(31)23(7)8;1-3-5-4-2;/h2*9-23H,1-8H3;3-4H2,1-2H3;. The molecule has 398 valence electrons. The fourth-order valence-corrected chi connectivity index (χ4v) is 8.60. The van der Waals surface area contributed by atoms with Crippen molar-refractivity contribution in [3.05, 3.63) is 176 Å². The SMILES string of the molecule is CC(C)c1cccc(C(C)C)c1N=Cc1cccc(C=Nc2c(C(C)C)cccc2C(C)C)n1.CC(C)c1cccc(C(C)C)c1N=Cc1cccc(C=Nc2c(C(C)C)cccc2C(C)C)n1.CCOCC.[Ni]. The molecule has 0 N–H and O–H groups in total. The first kappa shape index (κ1) is 62.6. The van der Waals surface area contributed by atoms with Crippen LogP contribution in [0, 0.1) is 0 Å². The third-order valence-corrected chi connectivity index (χ3v) is 12.7. The molecular weight excluding hydrogens is 951 g/mol. The molecular formula is C66H88N6NiO. The van der Waals surface area contributed by atoms with Crippen LogP contribution in [0.3, 0.4) is 0 Å². The van der Waals surface area contributed by atoms with E-state index in [-0.39, 0.29) is 16.5 Å². The molecule has 0 bridgehead atoms. The second kappa shape index (κ2) is 31.3. The van der Waals surface area contributed by atoms with Crippen molar-refractivity contribution >= 4 is 47.6 Å². The summed E-state index contributed by atoms with van der Waals surface area (Å²) in [7, 11) is 0. The first-order valence-corrected chi connectivity index (χ1v) is 27.0. The largest absolute Gasteiger partial charge is 0.382 e. The first-order valence-electron chi connectivity index (χ1n) is 27.0. The summed E-state index contributed by atoms with van der Waals surface area (Å²) in [4.78, 5) is 29.3. The Bertz CT molecular complexity index is 2310. The monoisotopic (exact) mass is 1040 g/mol. The Morgan fingerprint density at radius 3 is 0.608 bits per heavy atom. The molecule has 0 aliphatic rings. The van der Waals surface area contributed by atoms with Gasteiger partial charge in [0, 0.05) is 29.7 Å². The number of benzene rings is 4. The summed E-state index contributed by atoms with van der Waals surface area (Å²) in [6.45, 7) is 41.1. The summed E-state index contributed by atoms with van der Waals surface area (Å²) in [6, 6.07) is 38.0. The van der Waals surface area contributed by atoms with Crippen LogP contribution in [0.5, 0.6) is 0 Å². The average Bonchev–Trinajstić information content (AvgIpc) is 3.36. The van der Waals surface area contributed by atoms with Crippen molar-refractivity contribution in [2.75, 3.05) is 13.2 Å². The van der Waals surface area contributed by atoms with E-state index in [4.69, 9.17) is 34.7 Å². The van der Waals surface area contributed by atoms with Crippen LogP contribution in [0.1, 0.15) is 239 Å². The van der Waals surface area contributed by atoms with Crippen LogP contribution in [0.25, 0.3) is 0 Å². The van der Waals surface area contributed by atoms with Crippen molar-refractivity contribution in [1.29, 1.82) is 0 Å². The molecule has 0 fully saturated rings. The van der Waals surface area contributed by atoms with Crippen molar-refractivity contribution < 1.29 is 21.2 Å². The molecule has 6 rings (SSSR count). The molecule has 74 heavy (non-hydrogen) atoms. The number of para-hydroxylation sites is 4. The Hall–Kier alpha value is -5.69. The van der Waals surface area contributed by atoms with Gasteiger partial charge in [-0.05, 0) is 130 Å². The van der Waals surface area contributed by atoms with E-state index in [0.29, 0.717) is 47.3 Å². The van der Waals surface area contributed by atoms with Crippen molar-refractivity contribution in [3.63, 3.8) is 0 Å². The van der Waals surface area contributed by atoms with Crippen LogP contribution in [-0.4, -0.2) is 48.0 Å². The minimum atomic E-state index is 0. The van der Waals surface area contributed by atoms with Gasteiger partial charge in [0.2, 0.25) is 0 Å². The molecule has 4 aromatic carbocycles. The summed E-state index contributed by atoms with van der Waals surface area (Å²) in [5.41, 5.74) is 17.8. The molecule has 0 unspecified atom stereocenters. The summed E-state index contributed by atoms with van der Waals surface area (Å²) in [5, 5.41) is 0. The van der Waals surface area contributed by atoms with E-state index < -0.39 is 0 Å². The van der Waals surface area contributed by atoms with Gasteiger partial charge in [0.15, 0.2) is 0 Å². The van der Waals surface area contributed by atoms with Crippen LogP contribution < -0.4 is 0 Å². The molecule has 6 aromatic rings. The van der Waals surface area contributed by atoms with Gasteiger partial charge in [0.05, 0.1) is 70.4 Å². The third kappa shape index (κ3) is 18.3. The van der Waals surface area contributed by atoms with Gasteiger partial charge in [-0.15, -0.1) is 0 Å². The predicted octanol–water partition coefficient (Wildman–Crippen LogP) is 19.2. The third-order valence-electron chi connectivity index (χ3n) is 12.7. The number of nitrogens with zero attached hydrogens (tertiary/aromatic N) is 6. The maximum absolute atomic E-state index is 4.92. The van der Waals surface area contributed by atoms with Gasteiger partial charge >= 0.3 is 0 Å². The van der Waals surface area contributed by atoms with Crippen molar-refractivity contribution in [3.8, 4) is 0 Å². The summed E-state index contributed by atoms with van der Waals surface area (Å²) < 4.78 is 4.83. The zero-order valence-electron chi connectivity index (χ0n) is 48.1. The maximum Gasteiger partial charge on any atom is 0.0820 e. The second-order valence-electron chi connectivity index (χ2n) is 21.2. The van der Waals surface area contributed by atoms with E-state index in [9.17, 15) is 0 Å². The minimum absolute atomic E-state index is 0. The topological polar surface area (TPSA) is 84.5 Å². The van der Waals surface area contributed by atoms with Gasteiger partial charge in [0.1, 0.15) is 0 Å². The minimum Gasteiger partial charge on any atom is -0.382 e. The van der Waals surface area contributed by atoms with E-state index in [1.807, 2.05) is 75.1 Å². The molecule has 0 spiro atoms. The Kier molecular flexibility index (Phi) is 26.4. The molecule has 0 saturated heterocycles. The molecule has 0 amide bonds. The van der Waals surface area contributed by atoms with E-state index >= 15 is 0 Å². The molecule has 2 heterocycles. The van der Waals surface area contributed by atoms with Gasteiger partial charge in [-0.2, -0.15) is 0 Å². The van der Waals surface area contributed by atoms with Gasteiger partial charge < -0.3 is 4.74 Å². The number of rotatable bonds is 18. The van der Waals surface area contributed by atoms with Crippen LogP contribution in [0.4, 0.5) is 22.7 Å². The fraction of sp³-hybridized carbons (Fsp3) is 0.424. The molecule has 0 atom stereocenters. The first-order chi connectivity index (χ1) is 34.8. The Balaban J connectivity index is 0.000000353. The van der Waals surface area contributed by atoms with Gasteiger partial charge in [0.25, 0.3) is 0 Å². The number of aliphatic imine (C=N–C) groups is 4. The maximum atomic E-state index is 4.92. The van der Waals surface area contributed by atoms with Crippen LogP contribution in [0.2, 0.25) is 0 Å². The zero-order chi connectivity index (χ0) is 53.8. The average molecular weight is 1040 g/mol. The predicted molar refractivity (Wildman–Crippen MR) is 318 cm³/mol. The number of hydrogen-bond donors (Lipinski definition) is 0. The van der Waals surface area contributed by atoms with Crippen LogP contribution in [-0.2, 0) is 21.2 Å². The molecule has 7 nitrogen and oxygen atoms in total. The molecule has 0 aliphatic heterocycles. The van der Waals surface area contributed by atoms with Gasteiger partial charge in [-0.25, -0.2) is 9.97 Å². The van der Waals surface area contributed by atoms with Crippen molar-refractivity contribution in [2.24, 2.45) is 20.0 Å². The van der Waals surface area contributed by atoms with Crippen molar-refractivity contribution in [2.45, 2.75) is 172 Å². The van der Waals surface area contributed by atoms with Crippen LogP contribution >= 0.6 is 0 Å². The molecule has 0 radical (unpaired) electrons. The number of hydrogen-bond acceptors (Lipinski definition) is 7. The second-order valence-corrected chi connectivity index (χ2v) is 21.2. The Morgan fingerprint density at radius 2 is 0.473 bits per heavy atom. The molecule has 0 aliphatic carbocycles. The Morgan fingerprint density at radius 1 is 0.311 bits per heavy atom. The van der Waals surface area contributed by atoms with Gasteiger partial charge in [-0.3, -0.25) is 20.0 Å².